The van der Waals surface area contributed by atoms with Crippen molar-refractivity contribution in [1.29, 1.82) is 0 Å². The Balaban J connectivity index is 1.48. The Labute approximate surface area is 209 Å². The molecule has 0 bridgehead atoms. The van der Waals surface area contributed by atoms with Crippen LogP contribution in [-0.4, -0.2) is 28.3 Å². The summed E-state index contributed by atoms with van der Waals surface area (Å²) < 4.78 is 0. The fraction of sp³-hybridized carbons (Fsp3) is 0.241. The van der Waals surface area contributed by atoms with Crippen molar-refractivity contribution in [3.63, 3.8) is 0 Å². The van der Waals surface area contributed by atoms with Crippen LogP contribution < -0.4 is 4.90 Å². The van der Waals surface area contributed by atoms with Gasteiger partial charge in [-0.2, -0.15) is 0 Å². The van der Waals surface area contributed by atoms with Crippen LogP contribution in [0.5, 0.6) is 0 Å². The molecule has 0 saturated carbocycles. The minimum Gasteiger partial charge on any atom is -0.308 e. The number of fused-ring (bicyclic) bond motifs is 2. The van der Waals surface area contributed by atoms with E-state index in [2.05, 4.69) is 11.2 Å². The summed E-state index contributed by atoms with van der Waals surface area (Å²) in [5.41, 5.74) is 6.66. The molecule has 0 radical (unpaired) electrons. The summed E-state index contributed by atoms with van der Waals surface area (Å²) in [5, 5.41) is 2.47. The molecular weight excluding hydrogens is 452 g/mol. The number of unbranched alkanes of at least 4 members (excludes halogenated alkanes) is 1. The van der Waals surface area contributed by atoms with Crippen molar-refractivity contribution in [1.82, 2.24) is 9.97 Å². The molecule has 2 heterocycles. The van der Waals surface area contributed by atoms with Crippen LogP contribution in [0.25, 0.3) is 22.3 Å². The third-order valence-corrected chi connectivity index (χ3v) is 6.54. The Hall–Kier alpha value is -4.26. The molecule has 4 aromatic rings. The van der Waals surface area contributed by atoms with Crippen LogP contribution in [0.4, 0.5) is 5.69 Å². The Morgan fingerprint density at radius 2 is 1.69 bits per heavy atom. The number of nitrogens with zero attached hydrogens (tertiary/aromatic N) is 4. The third kappa shape index (κ3) is 4.91. The zero-order valence-electron chi connectivity index (χ0n) is 19.9. The summed E-state index contributed by atoms with van der Waals surface area (Å²) in [7, 11) is 0. The molecule has 7 heteroatoms. The number of carbonyl (C=O) groups excluding carboxylic acids is 2. The summed E-state index contributed by atoms with van der Waals surface area (Å²) in [6, 6.07) is 23.4. The molecule has 0 N–H and O–H groups in total. The van der Waals surface area contributed by atoms with Gasteiger partial charge in [0.05, 0.1) is 22.4 Å². The van der Waals surface area contributed by atoms with Crippen molar-refractivity contribution in [2.24, 2.45) is 5.18 Å². The third-order valence-electron chi connectivity index (χ3n) is 6.54. The molecule has 36 heavy (non-hydrogen) atoms. The van der Waals surface area contributed by atoms with Crippen LogP contribution in [0.2, 0.25) is 0 Å². The van der Waals surface area contributed by atoms with Gasteiger partial charge in [-0.1, -0.05) is 48.5 Å². The number of rotatable bonds is 7. The standard InChI is InChI=1S/C29H26N4O3/c34-27(32-36)15-7-5-13-24-28(21-10-2-1-3-11-21)31-23-17-16-22(19-25(23)30-24)29(35)33-18-8-12-20-9-4-6-14-26(20)33/h1-4,6,9-11,14,16-17,19H,5,7-8,12-13,15,18H2. The number of amides is 2. The minimum atomic E-state index is -0.634. The normalized spacial score (nSPS) is 12.8. The van der Waals surface area contributed by atoms with E-state index in [4.69, 9.17) is 9.97 Å². The highest BCUT2D eigenvalue weighted by Crippen LogP contribution is 2.29. The first-order valence-electron chi connectivity index (χ1n) is 12.3. The van der Waals surface area contributed by atoms with Crippen molar-refractivity contribution in [2.45, 2.75) is 38.5 Å². The molecule has 1 aromatic heterocycles. The first kappa shape index (κ1) is 23.5. The van der Waals surface area contributed by atoms with E-state index >= 15 is 0 Å². The number of carbonyl (C=O) groups is 2. The smallest absolute Gasteiger partial charge is 0.286 e. The predicted molar refractivity (Wildman–Crippen MR) is 140 cm³/mol. The van der Waals surface area contributed by atoms with E-state index < -0.39 is 5.91 Å². The topological polar surface area (TPSA) is 92.6 Å². The number of anilines is 1. The maximum atomic E-state index is 13.5. The second-order valence-corrected chi connectivity index (χ2v) is 8.97. The zero-order chi connectivity index (χ0) is 24.9. The van der Waals surface area contributed by atoms with Gasteiger partial charge >= 0.3 is 0 Å². The number of aryl methyl sites for hydroxylation is 2. The lowest BCUT2D eigenvalue weighted by molar-refractivity contribution is -0.118. The van der Waals surface area contributed by atoms with Gasteiger partial charge in [0.25, 0.3) is 11.8 Å². The Morgan fingerprint density at radius 3 is 2.53 bits per heavy atom. The van der Waals surface area contributed by atoms with E-state index in [0.29, 0.717) is 42.4 Å². The molecule has 0 fully saturated rings. The lowest BCUT2D eigenvalue weighted by Crippen LogP contribution is -2.35. The molecule has 3 aromatic carbocycles. The highest BCUT2D eigenvalue weighted by atomic mass is 16.3. The summed E-state index contributed by atoms with van der Waals surface area (Å²) in [6.07, 6.45) is 3.85. The van der Waals surface area contributed by atoms with Gasteiger partial charge in [-0.3, -0.25) is 9.59 Å². The van der Waals surface area contributed by atoms with E-state index in [1.165, 1.54) is 5.56 Å². The molecule has 1 aliphatic rings. The Bertz CT molecular complexity index is 1440. The quantitative estimate of drug-likeness (QED) is 0.244. The minimum absolute atomic E-state index is 0.0422. The molecule has 0 aliphatic carbocycles. The van der Waals surface area contributed by atoms with Gasteiger partial charge in [-0.05, 0) is 61.9 Å². The van der Waals surface area contributed by atoms with Crippen molar-refractivity contribution < 1.29 is 9.59 Å². The number of aromatic nitrogens is 2. The molecular formula is C29H26N4O3. The Morgan fingerprint density at radius 1 is 0.889 bits per heavy atom. The van der Waals surface area contributed by atoms with E-state index in [1.807, 2.05) is 71.6 Å². The van der Waals surface area contributed by atoms with Crippen LogP contribution in [-0.2, 0) is 17.6 Å². The average Bonchev–Trinajstić information content (AvgIpc) is 2.94. The monoisotopic (exact) mass is 478 g/mol. The summed E-state index contributed by atoms with van der Waals surface area (Å²) >= 11 is 0. The van der Waals surface area contributed by atoms with Gasteiger partial charge in [0.2, 0.25) is 0 Å². The molecule has 7 nitrogen and oxygen atoms in total. The molecule has 0 atom stereocenters. The fourth-order valence-corrected chi connectivity index (χ4v) is 4.74. The number of nitroso groups, excluding NO2 is 1. The number of hydrogen-bond donors (Lipinski definition) is 0. The number of benzene rings is 3. The first-order chi connectivity index (χ1) is 17.6. The van der Waals surface area contributed by atoms with Gasteiger partial charge in [0.15, 0.2) is 0 Å². The van der Waals surface area contributed by atoms with Crippen molar-refractivity contribution in [3.05, 3.63) is 94.5 Å². The van der Waals surface area contributed by atoms with Crippen LogP contribution in [0.15, 0.2) is 78.0 Å². The Kier molecular flexibility index (Phi) is 6.89. The molecule has 5 rings (SSSR count). The van der Waals surface area contributed by atoms with Crippen LogP contribution >= 0.6 is 0 Å². The lowest BCUT2D eigenvalue weighted by atomic mass is 10.0. The average molecular weight is 479 g/mol. The van der Waals surface area contributed by atoms with Crippen LogP contribution in [0.3, 0.4) is 0 Å². The van der Waals surface area contributed by atoms with Crippen molar-refractivity contribution in [3.8, 4) is 11.3 Å². The van der Waals surface area contributed by atoms with Crippen LogP contribution in [0, 0.1) is 4.91 Å². The molecule has 0 spiro atoms. The second kappa shape index (κ2) is 10.6. The highest BCUT2D eigenvalue weighted by Gasteiger charge is 2.24. The summed E-state index contributed by atoms with van der Waals surface area (Å²) in [4.78, 5) is 46.8. The molecule has 0 unspecified atom stereocenters. The van der Waals surface area contributed by atoms with Gasteiger partial charge in [0.1, 0.15) is 0 Å². The first-order valence-corrected chi connectivity index (χ1v) is 12.3. The highest BCUT2D eigenvalue weighted by molar-refractivity contribution is 6.08. The van der Waals surface area contributed by atoms with E-state index in [-0.39, 0.29) is 12.3 Å². The molecule has 0 saturated heterocycles. The number of para-hydroxylation sites is 1. The lowest BCUT2D eigenvalue weighted by Gasteiger charge is -2.29. The van der Waals surface area contributed by atoms with Gasteiger partial charge in [-0.25, -0.2) is 9.97 Å². The maximum Gasteiger partial charge on any atom is 0.286 e. The number of hydrogen-bond acceptors (Lipinski definition) is 5. The fourth-order valence-electron chi connectivity index (χ4n) is 4.74. The SMILES string of the molecule is O=NC(=O)CCCCc1nc2cc(C(=O)N3CCCc4ccccc43)ccc2nc1-c1ccccc1. The van der Waals surface area contributed by atoms with Crippen LogP contribution in [0.1, 0.15) is 47.3 Å². The van der Waals surface area contributed by atoms with Gasteiger partial charge in [-0.15, -0.1) is 4.91 Å². The van der Waals surface area contributed by atoms with E-state index in [0.717, 1.165) is 35.5 Å². The largest absolute Gasteiger partial charge is 0.308 e. The predicted octanol–water partition coefficient (Wildman–Crippen LogP) is 5.90. The molecule has 180 valence electrons. The van der Waals surface area contributed by atoms with E-state index in [9.17, 15) is 14.5 Å². The summed E-state index contributed by atoms with van der Waals surface area (Å²) in [5.74, 6) is -0.676. The molecule has 1 aliphatic heterocycles. The summed E-state index contributed by atoms with van der Waals surface area (Å²) in [6.45, 7) is 0.687. The second-order valence-electron chi connectivity index (χ2n) is 8.97. The van der Waals surface area contributed by atoms with Gasteiger partial charge in [0, 0.05) is 35.0 Å². The zero-order valence-corrected chi connectivity index (χ0v) is 19.9. The van der Waals surface area contributed by atoms with Gasteiger partial charge < -0.3 is 4.90 Å². The maximum absolute atomic E-state index is 13.5. The van der Waals surface area contributed by atoms with Crippen molar-refractivity contribution in [2.75, 3.05) is 11.4 Å². The molecule has 2 amide bonds. The van der Waals surface area contributed by atoms with E-state index in [1.54, 1.807) is 0 Å². The van der Waals surface area contributed by atoms with Crippen molar-refractivity contribution >= 4 is 28.5 Å².